The lowest BCUT2D eigenvalue weighted by molar-refractivity contribution is -0.140. The van der Waals surface area contributed by atoms with Gasteiger partial charge in [0.15, 0.2) is 11.5 Å². The molecule has 1 aliphatic heterocycles. The van der Waals surface area contributed by atoms with Crippen LogP contribution >= 0.6 is 23.2 Å². The van der Waals surface area contributed by atoms with Crippen molar-refractivity contribution in [3.63, 3.8) is 0 Å². The van der Waals surface area contributed by atoms with Crippen molar-refractivity contribution in [2.45, 2.75) is 58.7 Å². The molecule has 1 N–H and O–H groups in total. The number of fused-ring (bicyclic) bond motifs is 1. The first-order valence-electron chi connectivity index (χ1n) is 10.7. The Labute approximate surface area is 198 Å². The fraction of sp³-hybridized carbons (Fsp3) is 0.417. The highest BCUT2D eigenvalue weighted by atomic mass is 35.5. The van der Waals surface area contributed by atoms with Crippen LogP contribution in [0.5, 0.6) is 11.5 Å². The quantitative estimate of drug-likeness (QED) is 0.551. The van der Waals surface area contributed by atoms with Gasteiger partial charge in [0.25, 0.3) is 0 Å². The lowest BCUT2D eigenvalue weighted by atomic mass is 10.1. The summed E-state index contributed by atoms with van der Waals surface area (Å²) in [6.45, 7) is 6.00. The number of hydrogen-bond donors (Lipinski definition) is 1. The maximum Gasteiger partial charge on any atom is 0.242 e. The predicted molar refractivity (Wildman–Crippen MR) is 125 cm³/mol. The van der Waals surface area contributed by atoms with Crippen LogP contribution in [0.15, 0.2) is 36.4 Å². The van der Waals surface area contributed by atoms with E-state index in [1.54, 1.807) is 25.1 Å². The molecule has 0 saturated carbocycles. The van der Waals surface area contributed by atoms with E-state index in [9.17, 15) is 9.59 Å². The van der Waals surface area contributed by atoms with Gasteiger partial charge in [-0.05, 0) is 56.5 Å². The van der Waals surface area contributed by atoms with Crippen molar-refractivity contribution in [2.75, 3.05) is 6.79 Å². The summed E-state index contributed by atoms with van der Waals surface area (Å²) in [7, 11) is 0. The molecule has 0 aliphatic carbocycles. The van der Waals surface area contributed by atoms with E-state index in [4.69, 9.17) is 32.7 Å². The molecule has 1 heterocycles. The van der Waals surface area contributed by atoms with Crippen LogP contribution in [-0.4, -0.2) is 35.6 Å². The normalized spacial score (nSPS) is 14.0. The van der Waals surface area contributed by atoms with E-state index in [0.29, 0.717) is 33.5 Å². The van der Waals surface area contributed by atoms with Gasteiger partial charge in [0, 0.05) is 34.6 Å². The summed E-state index contributed by atoms with van der Waals surface area (Å²) in [5.41, 5.74) is 1.57. The zero-order valence-corrected chi connectivity index (χ0v) is 20.0. The molecule has 8 heteroatoms. The topological polar surface area (TPSA) is 67.9 Å². The molecule has 0 saturated heterocycles. The van der Waals surface area contributed by atoms with Crippen molar-refractivity contribution in [1.82, 2.24) is 10.2 Å². The van der Waals surface area contributed by atoms with Gasteiger partial charge in [-0.3, -0.25) is 9.59 Å². The number of nitrogens with zero attached hydrogens (tertiary/aromatic N) is 1. The zero-order chi connectivity index (χ0) is 23.3. The largest absolute Gasteiger partial charge is 0.454 e. The van der Waals surface area contributed by atoms with E-state index < -0.39 is 6.04 Å². The van der Waals surface area contributed by atoms with Gasteiger partial charge in [-0.1, -0.05) is 42.3 Å². The maximum atomic E-state index is 13.3. The Morgan fingerprint density at radius 1 is 1.09 bits per heavy atom. The molecule has 0 aromatic heterocycles. The number of nitrogens with one attached hydrogen (secondary N) is 1. The van der Waals surface area contributed by atoms with E-state index in [0.717, 1.165) is 12.0 Å². The number of carbonyl (C=O) groups is 2. The second kappa shape index (κ2) is 10.9. The number of halogens is 2. The Morgan fingerprint density at radius 2 is 1.78 bits per heavy atom. The monoisotopic (exact) mass is 478 g/mol. The van der Waals surface area contributed by atoms with Crippen molar-refractivity contribution in [2.24, 2.45) is 0 Å². The van der Waals surface area contributed by atoms with Crippen LogP contribution in [0.2, 0.25) is 10.0 Å². The molecule has 1 aliphatic rings. The van der Waals surface area contributed by atoms with Crippen LogP contribution in [0.3, 0.4) is 0 Å². The first kappa shape index (κ1) is 24.2. The van der Waals surface area contributed by atoms with Gasteiger partial charge in [0.1, 0.15) is 6.04 Å². The Kier molecular flexibility index (Phi) is 8.26. The number of amides is 2. The summed E-state index contributed by atoms with van der Waals surface area (Å²) >= 11 is 12.7. The minimum Gasteiger partial charge on any atom is -0.454 e. The highest BCUT2D eigenvalue weighted by molar-refractivity contribution is 6.36. The molecule has 2 amide bonds. The van der Waals surface area contributed by atoms with E-state index in [1.165, 1.54) is 4.90 Å². The summed E-state index contributed by atoms with van der Waals surface area (Å²) in [5.74, 6) is 1.01. The van der Waals surface area contributed by atoms with Crippen LogP contribution in [-0.2, 0) is 22.6 Å². The molecule has 0 unspecified atom stereocenters. The molecule has 2 atom stereocenters. The molecule has 0 fully saturated rings. The molecule has 6 nitrogen and oxygen atoms in total. The number of ether oxygens (including phenoxy) is 2. The van der Waals surface area contributed by atoms with Gasteiger partial charge < -0.3 is 19.7 Å². The highest BCUT2D eigenvalue weighted by Crippen LogP contribution is 2.33. The second-order valence-corrected chi connectivity index (χ2v) is 8.72. The second-order valence-electron chi connectivity index (χ2n) is 7.90. The fourth-order valence-corrected chi connectivity index (χ4v) is 3.91. The number of benzene rings is 2. The molecule has 2 aromatic carbocycles. The summed E-state index contributed by atoms with van der Waals surface area (Å²) in [5, 5.41) is 3.87. The molecule has 3 rings (SSSR count). The van der Waals surface area contributed by atoms with Crippen LogP contribution in [0.25, 0.3) is 0 Å². The standard InChI is InChI=1S/C24H28Cl2N2O4/c1-4-15(2)27-24(30)16(3)28(13-18-19(25)6-5-7-20(18)26)23(29)11-9-17-8-10-21-22(12-17)32-14-31-21/h5-8,10,12,15-16H,4,9,11,13-14H2,1-3H3,(H,27,30)/t15-,16+/m0/s1. The van der Waals surface area contributed by atoms with Crippen molar-refractivity contribution < 1.29 is 19.1 Å². The summed E-state index contributed by atoms with van der Waals surface area (Å²) < 4.78 is 10.8. The third-order valence-corrected chi connectivity index (χ3v) is 6.33. The minimum absolute atomic E-state index is 0.0134. The zero-order valence-electron chi connectivity index (χ0n) is 18.5. The summed E-state index contributed by atoms with van der Waals surface area (Å²) in [4.78, 5) is 27.6. The molecule has 172 valence electrons. The van der Waals surface area contributed by atoms with E-state index >= 15 is 0 Å². The first-order chi connectivity index (χ1) is 15.3. The van der Waals surface area contributed by atoms with Gasteiger partial charge in [-0.25, -0.2) is 0 Å². The number of hydrogen-bond acceptors (Lipinski definition) is 4. The smallest absolute Gasteiger partial charge is 0.242 e. The molecular weight excluding hydrogens is 451 g/mol. The average Bonchev–Trinajstić information content (AvgIpc) is 3.24. The van der Waals surface area contributed by atoms with Crippen LogP contribution in [0.1, 0.15) is 44.7 Å². The number of aryl methyl sites for hydroxylation is 1. The Morgan fingerprint density at radius 3 is 2.47 bits per heavy atom. The highest BCUT2D eigenvalue weighted by Gasteiger charge is 2.28. The van der Waals surface area contributed by atoms with Crippen molar-refractivity contribution in [1.29, 1.82) is 0 Å². The van der Waals surface area contributed by atoms with Gasteiger partial charge in [-0.2, -0.15) is 0 Å². The fourth-order valence-electron chi connectivity index (χ4n) is 3.39. The third-order valence-electron chi connectivity index (χ3n) is 5.62. The predicted octanol–water partition coefficient (Wildman–Crippen LogP) is 4.99. The molecule has 0 spiro atoms. The first-order valence-corrected chi connectivity index (χ1v) is 11.5. The maximum absolute atomic E-state index is 13.3. The van der Waals surface area contributed by atoms with Crippen molar-refractivity contribution in [3.8, 4) is 11.5 Å². The van der Waals surface area contributed by atoms with E-state index in [-0.39, 0.29) is 37.6 Å². The summed E-state index contributed by atoms with van der Waals surface area (Å²) in [6.07, 6.45) is 1.53. The van der Waals surface area contributed by atoms with E-state index in [2.05, 4.69) is 5.32 Å². The summed E-state index contributed by atoms with van der Waals surface area (Å²) in [6, 6.07) is 10.2. The van der Waals surface area contributed by atoms with Crippen LogP contribution < -0.4 is 14.8 Å². The van der Waals surface area contributed by atoms with Crippen molar-refractivity contribution >= 4 is 35.0 Å². The average molecular weight is 479 g/mol. The lowest BCUT2D eigenvalue weighted by Crippen LogP contribution is -2.49. The molecular formula is C24H28Cl2N2O4. The Bertz CT molecular complexity index is 962. The SMILES string of the molecule is CC[C@H](C)NC(=O)[C@@H](C)N(Cc1c(Cl)cccc1Cl)C(=O)CCc1ccc2c(c1)OCO2. The molecule has 0 bridgehead atoms. The number of rotatable bonds is 9. The van der Waals surface area contributed by atoms with Crippen LogP contribution in [0.4, 0.5) is 0 Å². The van der Waals surface area contributed by atoms with Gasteiger partial charge in [0.05, 0.1) is 0 Å². The Hall–Kier alpha value is -2.44. The van der Waals surface area contributed by atoms with Gasteiger partial charge >= 0.3 is 0 Å². The molecule has 2 aromatic rings. The van der Waals surface area contributed by atoms with Gasteiger partial charge in [0.2, 0.25) is 18.6 Å². The number of carbonyl (C=O) groups excluding carboxylic acids is 2. The van der Waals surface area contributed by atoms with Crippen molar-refractivity contribution in [3.05, 3.63) is 57.6 Å². The third kappa shape index (κ3) is 5.87. The van der Waals surface area contributed by atoms with E-state index in [1.807, 2.05) is 32.0 Å². The molecule has 0 radical (unpaired) electrons. The Balaban J connectivity index is 1.77. The molecule has 32 heavy (non-hydrogen) atoms. The lowest BCUT2D eigenvalue weighted by Gasteiger charge is -2.30. The minimum atomic E-state index is -0.680. The van der Waals surface area contributed by atoms with Gasteiger partial charge in [-0.15, -0.1) is 0 Å². The van der Waals surface area contributed by atoms with Crippen LogP contribution in [0, 0.1) is 0 Å².